The van der Waals surface area contributed by atoms with Gasteiger partial charge in [0.25, 0.3) is 5.91 Å². The van der Waals surface area contributed by atoms with Gasteiger partial charge in [0.1, 0.15) is 5.75 Å². The summed E-state index contributed by atoms with van der Waals surface area (Å²) < 4.78 is 38.3. The van der Waals surface area contributed by atoms with Crippen molar-refractivity contribution >= 4 is 35.3 Å². The van der Waals surface area contributed by atoms with Crippen molar-refractivity contribution in [3.05, 3.63) is 63.1 Å². The molecular formula is C15H9Cl2F3N2O2. The van der Waals surface area contributed by atoms with Gasteiger partial charge in [0.2, 0.25) is 0 Å². The van der Waals surface area contributed by atoms with Crippen LogP contribution in [0.2, 0.25) is 10.0 Å². The number of halogens is 5. The largest absolute Gasteiger partial charge is 0.507 e. The standard InChI is InChI=1S/C15H9Cl2F3N2O2/c16-10-3-1-8(2-4-10)14(24)22-21-7-9-5-11(17)6-12(13(9)23)15(18,19)20/h1-7,23H,(H,22,24)/b21-7+. The molecule has 0 aromatic heterocycles. The van der Waals surface area contributed by atoms with E-state index in [0.717, 1.165) is 12.3 Å². The summed E-state index contributed by atoms with van der Waals surface area (Å²) in [5, 5.41) is 13.4. The van der Waals surface area contributed by atoms with E-state index in [1.54, 1.807) is 0 Å². The van der Waals surface area contributed by atoms with E-state index in [1.165, 1.54) is 24.3 Å². The SMILES string of the molecule is O=C(N/N=C/c1cc(Cl)cc(C(F)(F)F)c1O)c1ccc(Cl)cc1. The van der Waals surface area contributed by atoms with Gasteiger partial charge in [0, 0.05) is 21.2 Å². The van der Waals surface area contributed by atoms with Crippen LogP contribution in [0.25, 0.3) is 0 Å². The third kappa shape index (κ3) is 4.39. The van der Waals surface area contributed by atoms with Crippen LogP contribution < -0.4 is 5.43 Å². The summed E-state index contributed by atoms with van der Waals surface area (Å²) in [6.07, 6.45) is -3.91. The maximum Gasteiger partial charge on any atom is 0.420 e. The van der Waals surface area contributed by atoms with Gasteiger partial charge in [-0.2, -0.15) is 18.3 Å². The molecule has 0 aliphatic carbocycles. The lowest BCUT2D eigenvalue weighted by Gasteiger charge is -2.11. The normalized spacial score (nSPS) is 11.7. The van der Waals surface area contributed by atoms with E-state index in [1.807, 2.05) is 0 Å². The first-order chi connectivity index (χ1) is 11.2. The van der Waals surface area contributed by atoms with Crippen molar-refractivity contribution in [1.29, 1.82) is 0 Å². The average Bonchev–Trinajstić information content (AvgIpc) is 2.49. The fourth-order valence-electron chi connectivity index (χ4n) is 1.76. The van der Waals surface area contributed by atoms with E-state index in [4.69, 9.17) is 23.2 Å². The van der Waals surface area contributed by atoms with Crippen LogP contribution in [-0.4, -0.2) is 17.2 Å². The molecule has 0 unspecified atom stereocenters. The summed E-state index contributed by atoms with van der Waals surface area (Å²) in [5.41, 5.74) is 0.799. The van der Waals surface area contributed by atoms with Gasteiger partial charge in [-0.05, 0) is 36.4 Å². The number of amides is 1. The number of aromatic hydroxyl groups is 1. The quantitative estimate of drug-likeness (QED) is 0.612. The fourth-order valence-corrected chi connectivity index (χ4v) is 2.11. The van der Waals surface area contributed by atoms with Crippen LogP contribution in [-0.2, 0) is 6.18 Å². The van der Waals surface area contributed by atoms with Gasteiger partial charge < -0.3 is 5.11 Å². The predicted molar refractivity (Wildman–Crippen MR) is 84.6 cm³/mol. The number of phenols is 1. The zero-order valence-electron chi connectivity index (χ0n) is 11.7. The van der Waals surface area contributed by atoms with Gasteiger partial charge in [-0.15, -0.1) is 0 Å². The summed E-state index contributed by atoms with van der Waals surface area (Å²) in [6, 6.07) is 7.58. The van der Waals surface area contributed by atoms with Crippen molar-refractivity contribution in [3.63, 3.8) is 0 Å². The molecule has 0 bridgehead atoms. The van der Waals surface area contributed by atoms with Gasteiger partial charge in [0.15, 0.2) is 0 Å². The first-order valence-corrected chi connectivity index (χ1v) is 7.13. The summed E-state index contributed by atoms with van der Waals surface area (Å²) in [4.78, 5) is 11.8. The second-order valence-corrected chi connectivity index (χ2v) is 5.47. The van der Waals surface area contributed by atoms with Gasteiger partial charge in [-0.1, -0.05) is 23.2 Å². The highest BCUT2D eigenvalue weighted by Gasteiger charge is 2.35. The lowest BCUT2D eigenvalue weighted by Crippen LogP contribution is -2.17. The van der Waals surface area contributed by atoms with E-state index in [9.17, 15) is 23.1 Å². The number of rotatable bonds is 3. The number of nitrogens with zero attached hydrogens (tertiary/aromatic N) is 1. The van der Waals surface area contributed by atoms with Crippen LogP contribution in [0.1, 0.15) is 21.5 Å². The summed E-state index contributed by atoms with van der Waals surface area (Å²) in [6.45, 7) is 0. The molecule has 0 radical (unpaired) electrons. The molecule has 126 valence electrons. The number of hydrazone groups is 1. The number of alkyl halides is 3. The minimum atomic E-state index is -4.77. The molecule has 9 heteroatoms. The Morgan fingerprint density at radius 3 is 2.33 bits per heavy atom. The Hall–Kier alpha value is -2.25. The van der Waals surface area contributed by atoms with Gasteiger partial charge >= 0.3 is 6.18 Å². The Labute approximate surface area is 144 Å². The molecule has 0 atom stereocenters. The number of benzene rings is 2. The molecular weight excluding hydrogens is 368 g/mol. The molecule has 24 heavy (non-hydrogen) atoms. The molecule has 2 aromatic rings. The topological polar surface area (TPSA) is 61.7 Å². The minimum Gasteiger partial charge on any atom is -0.507 e. The number of carbonyl (C=O) groups excluding carboxylic acids is 1. The third-order valence-corrected chi connectivity index (χ3v) is 3.36. The Kier molecular flexibility index (Phi) is 5.36. The lowest BCUT2D eigenvalue weighted by atomic mass is 10.1. The fraction of sp³-hybridized carbons (Fsp3) is 0.0667. The summed E-state index contributed by atoms with van der Waals surface area (Å²) >= 11 is 11.3. The van der Waals surface area contributed by atoms with Crippen LogP contribution in [0.5, 0.6) is 5.75 Å². The molecule has 0 spiro atoms. The molecule has 0 aliphatic heterocycles. The molecule has 0 heterocycles. The van der Waals surface area contributed by atoms with Crippen LogP contribution in [0.3, 0.4) is 0 Å². The number of nitrogens with one attached hydrogen (secondary N) is 1. The van der Waals surface area contributed by atoms with E-state index in [0.29, 0.717) is 11.1 Å². The lowest BCUT2D eigenvalue weighted by molar-refractivity contribution is -0.138. The molecule has 1 amide bonds. The molecule has 0 fully saturated rings. The van der Waals surface area contributed by atoms with Crippen LogP contribution >= 0.6 is 23.2 Å². The molecule has 0 saturated heterocycles. The summed E-state index contributed by atoms with van der Waals surface area (Å²) in [7, 11) is 0. The smallest absolute Gasteiger partial charge is 0.420 e. The summed E-state index contributed by atoms with van der Waals surface area (Å²) in [5.74, 6) is -1.63. The molecule has 2 N–H and O–H groups in total. The number of hydrogen-bond acceptors (Lipinski definition) is 3. The highest BCUT2D eigenvalue weighted by Crippen LogP contribution is 2.38. The van der Waals surface area contributed by atoms with Crippen molar-refractivity contribution in [3.8, 4) is 5.75 Å². The van der Waals surface area contributed by atoms with Gasteiger partial charge in [-0.25, -0.2) is 5.43 Å². The Morgan fingerprint density at radius 1 is 1.12 bits per heavy atom. The van der Waals surface area contributed by atoms with Crippen molar-refractivity contribution in [2.24, 2.45) is 5.10 Å². The first kappa shape index (κ1) is 18.1. The first-order valence-electron chi connectivity index (χ1n) is 6.37. The molecule has 2 rings (SSSR count). The Balaban J connectivity index is 2.19. The number of hydrogen-bond donors (Lipinski definition) is 2. The molecule has 0 aliphatic rings. The Morgan fingerprint density at radius 2 is 1.75 bits per heavy atom. The van der Waals surface area contributed by atoms with E-state index < -0.39 is 23.4 Å². The van der Waals surface area contributed by atoms with Gasteiger partial charge in [0.05, 0.1) is 11.8 Å². The Bertz CT molecular complexity index is 791. The van der Waals surface area contributed by atoms with Gasteiger partial charge in [-0.3, -0.25) is 4.79 Å². The maximum atomic E-state index is 12.8. The zero-order chi connectivity index (χ0) is 17.9. The van der Waals surface area contributed by atoms with Crippen molar-refractivity contribution in [2.45, 2.75) is 6.18 Å². The second-order valence-electron chi connectivity index (χ2n) is 4.59. The maximum absolute atomic E-state index is 12.8. The van der Waals surface area contributed by atoms with Crippen molar-refractivity contribution in [1.82, 2.24) is 5.43 Å². The highest BCUT2D eigenvalue weighted by molar-refractivity contribution is 6.31. The number of carbonyl (C=O) groups is 1. The third-order valence-electron chi connectivity index (χ3n) is 2.89. The van der Waals surface area contributed by atoms with Crippen molar-refractivity contribution < 1.29 is 23.1 Å². The monoisotopic (exact) mass is 376 g/mol. The second kappa shape index (κ2) is 7.11. The molecule has 4 nitrogen and oxygen atoms in total. The van der Waals surface area contributed by atoms with Crippen LogP contribution in [0.15, 0.2) is 41.5 Å². The van der Waals surface area contributed by atoms with Crippen molar-refractivity contribution in [2.75, 3.05) is 0 Å². The van der Waals surface area contributed by atoms with E-state index in [-0.39, 0.29) is 16.1 Å². The van der Waals surface area contributed by atoms with Crippen LogP contribution in [0, 0.1) is 0 Å². The average molecular weight is 377 g/mol. The highest BCUT2D eigenvalue weighted by atomic mass is 35.5. The molecule has 0 saturated carbocycles. The molecule has 2 aromatic carbocycles. The predicted octanol–water partition coefficient (Wildman–Crippen LogP) is 4.48. The van der Waals surface area contributed by atoms with E-state index >= 15 is 0 Å². The van der Waals surface area contributed by atoms with E-state index in [2.05, 4.69) is 10.5 Å². The number of phenolic OH excluding ortho intramolecular Hbond substituents is 1. The van der Waals surface area contributed by atoms with Crippen LogP contribution in [0.4, 0.5) is 13.2 Å². The zero-order valence-corrected chi connectivity index (χ0v) is 13.2. The minimum absolute atomic E-state index is 0.231.